The zero-order valence-electron chi connectivity index (χ0n) is 9.26. The number of anilines is 1. The van der Waals surface area contributed by atoms with E-state index in [1.165, 1.54) is 0 Å². The topological polar surface area (TPSA) is 66.3 Å². The van der Waals surface area contributed by atoms with E-state index in [1.807, 2.05) is 4.90 Å². The Morgan fingerprint density at radius 1 is 1.38 bits per heavy atom. The second kappa shape index (κ2) is 4.08. The van der Waals surface area contributed by atoms with Crippen LogP contribution < -0.4 is 4.90 Å². The fourth-order valence-corrected chi connectivity index (χ4v) is 1.87. The molecule has 5 heteroatoms. The van der Waals surface area contributed by atoms with Crippen LogP contribution in [0.15, 0.2) is 18.5 Å². The zero-order valence-corrected chi connectivity index (χ0v) is 9.26. The Labute approximate surface area is 94.1 Å². The summed E-state index contributed by atoms with van der Waals surface area (Å²) in [5, 5.41) is 9.10. The van der Waals surface area contributed by atoms with Crippen molar-refractivity contribution in [2.24, 2.45) is 5.41 Å². The van der Waals surface area contributed by atoms with Gasteiger partial charge in [-0.3, -0.25) is 4.79 Å². The lowest BCUT2D eigenvalue weighted by Crippen LogP contribution is -2.43. The number of nitrogens with zero attached hydrogens (tertiary/aromatic N) is 3. The molecule has 1 N–H and O–H groups in total. The maximum atomic E-state index is 11.1. The Balaban J connectivity index is 2.03. The lowest BCUT2D eigenvalue weighted by atomic mass is 9.80. The molecule has 2 heterocycles. The smallest absolute Gasteiger partial charge is 0.309 e. The number of aliphatic carboxylic acids is 1. The highest BCUT2D eigenvalue weighted by molar-refractivity contribution is 5.74. The van der Waals surface area contributed by atoms with Crippen molar-refractivity contribution in [2.75, 3.05) is 18.0 Å². The first-order valence-corrected chi connectivity index (χ1v) is 5.37. The predicted octanol–water partition coefficient (Wildman–Crippen LogP) is 1.17. The summed E-state index contributed by atoms with van der Waals surface area (Å²) in [6, 6.07) is 1.77. The van der Waals surface area contributed by atoms with Gasteiger partial charge in [-0.05, 0) is 25.8 Å². The summed E-state index contributed by atoms with van der Waals surface area (Å²) in [4.78, 5) is 21.4. The van der Waals surface area contributed by atoms with Crippen LogP contribution in [-0.4, -0.2) is 34.1 Å². The van der Waals surface area contributed by atoms with Crippen molar-refractivity contribution >= 4 is 11.9 Å². The van der Waals surface area contributed by atoms with E-state index in [1.54, 1.807) is 25.4 Å². The third kappa shape index (κ3) is 1.98. The largest absolute Gasteiger partial charge is 0.481 e. The molecule has 5 nitrogen and oxygen atoms in total. The van der Waals surface area contributed by atoms with Crippen molar-refractivity contribution in [2.45, 2.75) is 19.8 Å². The molecule has 0 amide bonds. The van der Waals surface area contributed by atoms with Crippen LogP contribution in [-0.2, 0) is 4.79 Å². The summed E-state index contributed by atoms with van der Waals surface area (Å²) < 4.78 is 0. The van der Waals surface area contributed by atoms with Crippen LogP contribution >= 0.6 is 0 Å². The molecule has 1 fully saturated rings. The van der Waals surface area contributed by atoms with E-state index < -0.39 is 11.4 Å². The minimum atomic E-state index is -0.707. The van der Waals surface area contributed by atoms with Gasteiger partial charge in [-0.15, -0.1) is 0 Å². The van der Waals surface area contributed by atoms with Crippen LogP contribution in [0.1, 0.15) is 19.8 Å². The van der Waals surface area contributed by atoms with Crippen molar-refractivity contribution in [1.29, 1.82) is 0 Å². The molecule has 1 aromatic rings. The highest BCUT2D eigenvalue weighted by atomic mass is 16.4. The van der Waals surface area contributed by atoms with E-state index in [0.29, 0.717) is 31.9 Å². The molecule has 0 radical (unpaired) electrons. The molecule has 1 aliphatic rings. The summed E-state index contributed by atoms with van der Waals surface area (Å²) in [7, 11) is 0. The molecular formula is C11H15N3O2. The Bertz CT molecular complexity index is 372. The quantitative estimate of drug-likeness (QED) is 0.812. The van der Waals surface area contributed by atoms with Gasteiger partial charge in [0.05, 0.1) is 5.41 Å². The van der Waals surface area contributed by atoms with E-state index in [4.69, 9.17) is 5.11 Å². The van der Waals surface area contributed by atoms with E-state index in [0.717, 1.165) is 0 Å². The first-order valence-electron chi connectivity index (χ1n) is 5.37. The second-order valence-electron chi connectivity index (χ2n) is 4.40. The van der Waals surface area contributed by atoms with Crippen molar-refractivity contribution in [3.05, 3.63) is 18.5 Å². The Morgan fingerprint density at radius 2 is 1.94 bits per heavy atom. The average Bonchev–Trinajstić information content (AvgIpc) is 2.31. The van der Waals surface area contributed by atoms with Gasteiger partial charge < -0.3 is 10.0 Å². The molecule has 1 aromatic heterocycles. The molecule has 0 aromatic carbocycles. The zero-order chi connectivity index (χ0) is 11.6. The normalized spacial score (nSPS) is 19.4. The van der Waals surface area contributed by atoms with Crippen molar-refractivity contribution in [1.82, 2.24) is 9.97 Å². The minimum Gasteiger partial charge on any atom is -0.481 e. The third-order valence-corrected chi connectivity index (χ3v) is 3.22. The maximum absolute atomic E-state index is 11.1. The number of carbonyl (C=O) groups is 1. The van der Waals surface area contributed by atoms with Crippen LogP contribution in [0.25, 0.3) is 0 Å². The highest BCUT2D eigenvalue weighted by Crippen LogP contribution is 2.31. The Morgan fingerprint density at radius 3 is 2.44 bits per heavy atom. The molecule has 2 rings (SSSR count). The third-order valence-electron chi connectivity index (χ3n) is 3.22. The SMILES string of the molecule is CC1(C(=O)O)CCN(c2ncccn2)CC1. The van der Waals surface area contributed by atoms with E-state index >= 15 is 0 Å². The van der Waals surface area contributed by atoms with Gasteiger partial charge >= 0.3 is 5.97 Å². The number of hydrogen-bond donors (Lipinski definition) is 1. The van der Waals surface area contributed by atoms with Gasteiger partial charge in [0.2, 0.25) is 5.95 Å². The molecule has 0 atom stereocenters. The molecule has 86 valence electrons. The van der Waals surface area contributed by atoms with Crippen molar-refractivity contribution < 1.29 is 9.90 Å². The molecule has 1 aliphatic heterocycles. The number of rotatable bonds is 2. The van der Waals surface area contributed by atoms with Gasteiger partial charge in [-0.25, -0.2) is 9.97 Å². The molecule has 0 aliphatic carbocycles. The van der Waals surface area contributed by atoms with E-state index in [-0.39, 0.29) is 0 Å². The minimum absolute atomic E-state index is 0.592. The van der Waals surface area contributed by atoms with Crippen LogP contribution in [0, 0.1) is 5.41 Å². The monoisotopic (exact) mass is 221 g/mol. The summed E-state index contributed by atoms with van der Waals surface area (Å²) in [5.41, 5.74) is -0.592. The maximum Gasteiger partial charge on any atom is 0.309 e. The van der Waals surface area contributed by atoms with Crippen LogP contribution in [0.4, 0.5) is 5.95 Å². The number of hydrogen-bond acceptors (Lipinski definition) is 4. The molecule has 0 saturated carbocycles. The highest BCUT2D eigenvalue weighted by Gasteiger charge is 2.37. The first kappa shape index (κ1) is 10.9. The number of aromatic nitrogens is 2. The first-order chi connectivity index (χ1) is 7.62. The number of piperidine rings is 1. The fourth-order valence-electron chi connectivity index (χ4n) is 1.87. The predicted molar refractivity (Wildman–Crippen MR) is 59.2 cm³/mol. The van der Waals surface area contributed by atoms with E-state index in [2.05, 4.69) is 9.97 Å². The summed E-state index contributed by atoms with van der Waals surface area (Å²) in [5.74, 6) is -0.0175. The van der Waals surface area contributed by atoms with Gasteiger partial charge in [0.25, 0.3) is 0 Å². The van der Waals surface area contributed by atoms with Gasteiger partial charge in [-0.1, -0.05) is 0 Å². The van der Waals surface area contributed by atoms with Crippen LogP contribution in [0.2, 0.25) is 0 Å². The van der Waals surface area contributed by atoms with Gasteiger partial charge in [0.1, 0.15) is 0 Å². The molecule has 0 unspecified atom stereocenters. The number of carboxylic acid groups (broad SMARTS) is 1. The average molecular weight is 221 g/mol. The molecule has 0 bridgehead atoms. The Hall–Kier alpha value is -1.65. The van der Waals surface area contributed by atoms with Gasteiger partial charge in [-0.2, -0.15) is 0 Å². The molecule has 16 heavy (non-hydrogen) atoms. The standard InChI is InChI=1S/C11H15N3O2/c1-11(9(15)16)3-7-14(8-4-11)10-12-5-2-6-13-10/h2,5-6H,3-4,7-8H2,1H3,(H,15,16). The Kier molecular flexibility index (Phi) is 2.77. The number of carboxylic acids is 1. The molecule has 1 saturated heterocycles. The summed E-state index contributed by atoms with van der Waals surface area (Å²) in [6.07, 6.45) is 4.68. The van der Waals surface area contributed by atoms with Crippen molar-refractivity contribution in [3.63, 3.8) is 0 Å². The van der Waals surface area contributed by atoms with Gasteiger partial charge in [0, 0.05) is 25.5 Å². The summed E-state index contributed by atoms with van der Waals surface area (Å²) >= 11 is 0. The second-order valence-corrected chi connectivity index (χ2v) is 4.40. The lowest BCUT2D eigenvalue weighted by molar-refractivity contribution is -0.149. The lowest BCUT2D eigenvalue weighted by Gasteiger charge is -2.36. The van der Waals surface area contributed by atoms with Crippen LogP contribution in [0.5, 0.6) is 0 Å². The van der Waals surface area contributed by atoms with Crippen molar-refractivity contribution in [3.8, 4) is 0 Å². The summed E-state index contributed by atoms with van der Waals surface area (Å²) in [6.45, 7) is 3.21. The van der Waals surface area contributed by atoms with Crippen LogP contribution in [0.3, 0.4) is 0 Å². The fraction of sp³-hybridized carbons (Fsp3) is 0.545. The molecule has 0 spiro atoms. The van der Waals surface area contributed by atoms with Gasteiger partial charge in [0.15, 0.2) is 0 Å². The van der Waals surface area contributed by atoms with E-state index in [9.17, 15) is 4.79 Å². The molecular weight excluding hydrogens is 206 g/mol.